The summed E-state index contributed by atoms with van der Waals surface area (Å²) in [5.41, 5.74) is 1.11. The normalized spacial score (nSPS) is 10.8. The zero-order valence-corrected chi connectivity index (χ0v) is 12.3. The van der Waals surface area contributed by atoms with Crippen LogP contribution in [-0.4, -0.2) is 5.78 Å². The average Bonchev–Trinajstić information content (AvgIpc) is 2.28. The van der Waals surface area contributed by atoms with Crippen LogP contribution in [0.25, 0.3) is 0 Å². The number of halogens is 1. The number of carbonyl (C=O) groups is 1. The maximum atomic E-state index is 12.2. The van der Waals surface area contributed by atoms with Gasteiger partial charge in [0.25, 0.3) is 0 Å². The van der Waals surface area contributed by atoms with Crippen LogP contribution >= 0.6 is 15.9 Å². The predicted octanol–water partition coefficient (Wildman–Crippen LogP) is 4.78. The maximum absolute atomic E-state index is 12.2. The molecule has 0 atom stereocenters. The third-order valence-corrected chi connectivity index (χ3v) is 3.49. The lowest BCUT2D eigenvalue weighted by molar-refractivity contribution is -0.122. The zero-order valence-electron chi connectivity index (χ0n) is 10.7. The Labute approximate surface area is 113 Å². The molecule has 0 aromatic heterocycles. The van der Waals surface area contributed by atoms with Gasteiger partial charge in [-0.3, -0.25) is 4.79 Å². The lowest BCUT2D eigenvalue weighted by atomic mass is 9.90. The van der Waals surface area contributed by atoms with Crippen molar-refractivity contribution in [3.05, 3.63) is 34.3 Å². The average molecular weight is 297 g/mol. The van der Waals surface area contributed by atoms with E-state index in [1.54, 1.807) is 0 Å². The molecule has 1 aromatic rings. The van der Waals surface area contributed by atoms with Crippen molar-refractivity contribution in [1.82, 2.24) is 0 Å². The fourth-order valence-corrected chi connectivity index (χ4v) is 2.60. The molecule has 0 bridgehead atoms. The van der Waals surface area contributed by atoms with Crippen molar-refractivity contribution in [1.29, 1.82) is 0 Å². The summed E-state index contributed by atoms with van der Waals surface area (Å²) in [6, 6.07) is 8.04. The minimum atomic E-state index is 0.254. The van der Waals surface area contributed by atoms with Crippen LogP contribution in [0.5, 0.6) is 0 Å². The molecule has 0 N–H and O–H groups in total. The van der Waals surface area contributed by atoms with Gasteiger partial charge in [-0.1, -0.05) is 54.8 Å². The predicted molar refractivity (Wildman–Crippen MR) is 76.2 cm³/mol. The second-order valence-corrected chi connectivity index (χ2v) is 5.46. The Morgan fingerprint density at radius 1 is 1.24 bits per heavy atom. The lowest BCUT2D eigenvalue weighted by Gasteiger charge is -2.14. The molecule has 0 heterocycles. The van der Waals surface area contributed by atoms with Crippen LogP contribution in [0.1, 0.15) is 45.1 Å². The number of hydrogen-bond acceptors (Lipinski definition) is 1. The first-order chi connectivity index (χ1) is 8.17. The van der Waals surface area contributed by atoms with Crippen LogP contribution in [0.2, 0.25) is 0 Å². The molecule has 94 valence electrons. The standard InChI is InChI=1S/C15H21BrO/c1-3-6-13(7-4-2)15(17)11-12-8-5-9-14(16)10-12/h5,8-10,13H,3-4,6-7,11H2,1-2H3. The summed E-state index contributed by atoms with van der Waals surface area (Å²) in [5, 5.41) is 0. The fourth-order valence-electron chi connectivity index (χ4n) is 2.16. The van der Waals surface area contributed by atoms with Gasteiger partial charge in [-0.25, -0.2) is 0 Å². The van der Waals surface area contributed by atoms with Crippen LogP contribution in [0.15, 0.2) is 28.7 Å². The topological polar surface area (TPSA) is 17.1 Å². The van der Waals surface area contributed by atoms with Crippen molar-refractivity contribution < 1.29 is 4.79 Å². The van der Waals surface area contributed by atoms with E-state index in [1.165, 1.54) is 0 Å². The van der Waals surface area contributed by atoms with Gasteiger partial charge in [-0.15, -0.1) is 0 Å². The minimum absolute atomic E-state index is 0.254. The molecule has 0 saturated heterocycles. The first-order valence-corrected chi connectivity index (χ1v) is 7.23. The number of Topliss-reactive ketones (excluding diaryl/α,β-unsaturated/α-hetero) is 1. The van der Waals surface area contributed by atoms with E-state index in [1.807, 2.05) is 24.3 Å². The van der Waals surface area contributed by atoms with Crippen molar-refractivity contribution in [2.75, 3.05) is 0 Å². The SMILES string of the molecule is CCCC(CCC)C(=O)Cc1cccc(Br)c1. The molecular formula is C15H21BrO. The van der Waals surface area contributed by atoms with Crippen LogP contribution in [0.3, 0.4) is 0 Å². The van der Waals surface area contributed by atoms with E-state index in [0.717, 1.165) is 35.7 Å². The molecule has 17 heavy (non-hydrogen) atoms. The summed E-state index contributed by atoms with van der Waals surface area (Å²) >= 11 is 3.44. The van der Waals surface area contributed by atoms with Gasteiger partial charge in [-0.2, -0.15) is 0 Å². The van der Waals surface area contributed by atoms with Gasteiger partial charge < -0.3 is 0 Å². The monoisotopic (exact) mass is 296 g/mol. The maximum Gasteiger partial charge on any atom is 0.140 e. The Bertz CT molecular complexity index is 354. The lowest BCUT2D eigenvalue weighted by Crippen LogP contribution is -2.16. The molecule has 0 aliphatic carbocycles. The van der Waals surface area contributed by atoms with E-state index < -0.39 is 0 Å². The van der Waals surface area contributed by atoms with Gasteiger partial charge in [-0.05, 0) is 30.5 Å². The van der Waals surface area contributed by atoms with Gasteiger partial charge in [0.1, 0.15) is 5.78 Å². The van der Waals surface area contributed by atoms with Crippen LogP contribution in [0.4, 0.5) is 0 Å². The third kappa shape index (κ3) is 5.03. The fraction of sp³-hybridized carbons (Fsp3) is 0.533. The van der Waals surface area contributed by atoms with E-state index in [9.17, 15) is 4.79 Å². The number of ketones is 1. The second kappa shape index (κ2) is 7.65. The number of rotatable bonds is 7. The van der Waals surface area contributed by atoms with E-state index in [-0.39, 0.29) is 5.92 Å². The summed E-state index contributed by atoms with van der Waals surface area (Å²) in [6.07, 6.45) is 4.81. The van der Waals surface area contributed by atoms with Crippen molar-refractivity contribution in [2.45, 2.75) is 46.0 Å². The highest BCUT2D eigenvalue weighted by Crippen LogP contribution is 2.19. The molecule has 0 saturated carbocycles. The van der Waals surface area contributed by atoms with E-state index in [4.69, 9.17) is 0 Å². The third-order valence-electron chi connectivity index (χ3n) is 3.00. The minimum Gasteiger partial charge on any atom is -0.299 e. The molecule has 1 nitrogen and oxygen atoms in total. The molecule has 2 heteroatoms. The molecular weight excluding hydrogens is 276 g/mol. The van der Waals surface area contributed by atoms with Crippen LogP contribution < -0.4 is 0 Å². The van der Waals surface area contributed by atoms with E-state index >= 15 is 0 Å². The Morgan fingerprint density at radius 2 is 1.88 bits per heavy atom. The molecule has 0 aliphatic heterocycles. The van der Waals surface area contributed by atoms with Gasteiger partial charge in [0.2, 0.25) is 0 Å². The summed E-state index contributed by atoms with van der Waals surface area (Å²) in [7, 11) is 0. The molecule has 1 rings (SSSR count). The Hall–Kier alpha value is -0.630. The van der Waals surface area contributed by atoms with Gasteiger partial charge in [0, 0.05) is 16.8 Å². The van der Waals surface area contributed by atoms with E-state index in [2.05, 4.69) is 29.8 Å². The number of benzene rings is 1. The molecule has 0 radical (unpaired) electrons. The Kier molecular flexibility index (Phi) is 6.49. The van der Waals surface area contributed by atoms with Crippen LogP contribution in [0, 0.1) is 5.92 Å². The Morgan fingerprint density at radius 3 is 2.41 bits per heavy atom. The van der Waals surface area contributed by atoms with E-state index in [0.29, 0.717) is 12.2 Å². The molecule has 0 spiro atoms. The molecule has 0 amide bonds. The first-order valence-electron chi connectivity index (χ1n) is 6.44. The molecule has 0 fully saturated rings. The number of carbonyl (C=O) groups excluding carboxylic acids is 1. The molecule has 0 aliphatic rings. The smallest absolute Gasteiger partial charge is 0.140 e. The first kappa shape index (κ1) is 14.4. The highest BCUT2D eigenvalue weighted by molar-refractivity contribution is 9.10. The Balaban J connectivity index is 2.62. The quantitative estimate of drug-likeness (QED) is 0.708. The van der Waals surface area contributed by atoms with Gasteiger partial charge in [0.15, 0.2) is 0 Å². The highest BCUT2D eigenvalue weighted by Gasteiger charge is 2.16. The summed E-state index contributed by atoms with van der Waals surface area (Å²) < 4.78 is 1.05. The van der Waals surface area contributed by atoms with Crippen molar-refractivity contribution in [2.24, 2.45) is 5.92 Å². The largest absolute Gasteiger partial charge is 0.299 e. The van der Waals surface area contributed by atoms with Gasteiger partial charge >= 0.3 is 0 Å². The molecule has 1 aromatic carbocycles. The number of hydrogen-bond donors (Lipinski definition) is 0. The second-order valence-electron chi connectivity index (χ2n) is 4.55. The zero-order chi connectivity index (χ0) is 12.7. The van der Waals surface area contributed by atoms with Crippen molar-refractivity contribution in [3.63, 3.8) is 0 Å². The summed E-state index contributed by atoms with van der Waals surface area (Å²) in [4.78, 5) is 12.2. The van der Waals surface area contributed by atoms with Crippen molar-refractivity contribution >= 4 is 21.7 Å². The summed E-state index contributed by atoms with van der Waals surface area (Å²) in [5.74, 6) is 0.649. The van der Waals surface area contributed by atoms with Crippen LogP contribution in [-0.2, 0) is 11.2 Å². The van der Waals surface area contributed by atoms with Gasteiger partial charge in [0.05, 0.1) is 0 Å². The molecule has 0 unspecified atom stereocenters. The summed E-state index contributed by atoms with van der Waals surface area (Å²) in [6.45, 7) is 4.30. The van der Waals surface area contributed by atoms with Crippen molar-refractivity contribution in [3.8, 4) is 0 Å². The highest BCUT2D eigenvalue weighted by atomic mass is 79.9.